The fourth-order valence-electron chi connectivity index (χ4n) is 0.837. The van der Waals surface area contributed by atoms with Crippen molar-refractivity contribution in [3.8, 4) is 0 Å². The van der Waals surface area contributed by atoms with Crippen LogP contribution >= 0.6 is 0 Å². The molecule has 5 nitrogen and oxygen atoms in total. The van der Waals surface area contributed by atoms with Crippen molar-refractivity contribution in [3.63, 3.8) is 0 Å². The monoisotopic (exact) mass is 247 g/mol. The first-order valence-corrected chi connectivity index (χ1v) is 5.59. The van der Waals surface area contributed by atoms with Crippen LogP contribution < -0.4 is 5.32 Å². The Hall–Kier alpha value is -0.114. The van der Waals surface area contributed by atoms with Gasteiger partial charge in [0, 0.05) is 5.57 Å². The zero-order valence-electron chi connectivity index (χ0n) is 8.44. The van der Waals surface area contributed by atoms with Crippen molar-refractivity contribution < 1.29 is 17.8 Å². The van der Waals surface area contributed by atoms with Gasteiger partial charge in [-0.3, -0.25) is 9.35 Å². The van der Waals surface area contributed by atoms with Crippen LogP contribution in [0.5, 0.6) is 0 Å². The fraction of sp³-hybridized carbons (Fsp3) is 0.625. The molecule has 15 heavy (non-hydrogen) atoms. The molecule has 0 rings (SSSR count). The highest BCUT2D eigenvalue weighted by molar-refractivity contribution is 7.86. The molecule has 0 heterocycles. The third-order valence-electron chi connectivity index (χ3n) is 1.59. The molecule has 7 heteroatoms. The predicted molar refractivity (Wildman–Crippen MR) is 61.7 cm³/mol. The first-order valence-electron chi connectivity index (χ1n) is 4.09. The van der Waals surface area contributed by atoms with Crippen LogP contribution in [0.15, 0.2) is 12.2 Å². The summed E-state index contributed by atoms with van der Waals surface area (Å²) in [4.78, 5) is 11.1. The van der Waals surface area contributed by atoms with E-state index in [9.17, 15) is 13.2 Å². The van der Waals surface area contributed by atoms with Crippen LogP contribution in [0.1, 0.15) is 20.8 Å². The summed E-state index contributed by atoms with van der Waals surface area (Å²) in [6.45, 7) is 7.98. The van der Waals surface area contributed by atoms with Crippen LogP contribution in [-0.4, -0.2) is 47.3 Å². The van der Waals surface area contributed by atoms with E-state index in [1.807, 2.05) is 0 Å². The average molecular weight is 248 g/mol. The van der Waals surface area contributed by atoms with E-state index in [2.05, 4.69) is 11.9 Å². The predicted octanol–water partition coefficient (Wildman–Crippen LogP) is -0.368. The maximum atomic E-state index is 11.1. The van der Waals surface area contributed by atoms with E-state index in [0.717, 1.165) is 0 Å². The molecule has 0 aromatic heterocycles. The minimum absolute atomic E-state index is 0. The Morgan fingerprint density at radius 2 is 1.80 bits per heavy atom. The summed E-state index contributed by atoms with van der Waals surface area (Å²) in [5.41, 5.74) is 0.194. The quantitative estimate of drug-likeness (QED) is 0.403. The van der Waals surface area contributed by atoms with Crippen molar-refractivity contribution in [2.75, 3.05) is 0 Å². The van der Waals surface area contributed by atoms with Gasteiger partial charge in [0.1, 0.15) is 0 Å². The first-order chi connectivity index (χ1) is 6.16. The summed E-state index contributed by atoms with van der Waals surface area (Å²) in [5, 5.41) is 0.894. The molecular weight excluding hydrogens is 230 g/mol. The molecule has 0 bridgehead atoms. The van der Waals surface area contributed by atoms with Gasteiger partial charge in [-0.25, -0.2) is 0 Å². The molecule has 0 spiro atoms. The number of carbonyl (C=O) groups is 1. The van der Waals surface area contributed by atoms with E-state index in [4.69, 9.17) is 4.55 Å². The van der Waals surface area contributed by atoms with Crippen molar-refractivity contribution >= 4 is 39.1 Å². The molecular formula is C8H17MgNO4S. The Kier molecular flexibility index (Phi) is 7.45. The Labute approximate surface area is 106 Å². The van der Waals surface area contributed by atoms with Gasteiger partial charge in [0.05, 0.1) is 0 Å². The molecule has 0 saturated heterocycles. The fourth-order valence-corrected chi connectivity index (χ4v) is 1.78. The van der Waals surface area contributed by atoms with Gasteiger partial charge in [0.25, 0.3) is 10.1 Å². The smallest absolute Gasteiger partial charge is 0.316 e. The second kappa shape index (κ2) is 6.46. The number of amides is 1. The van der Waals surface area contributed by atoms with Crippen LogP contribution in [0.4, 0.5) is 0 Å². The van der Waals surface area contributed by atoms with E-state index < -0.39 is 27.3 Å². The molecule has 1 atom stereocenters. The highest BCUT2D eigenvalue weighted by atomic mass is 32.2. The van der Waals surface area contributed by atoms with E-state index in [1.165, 1.54) is 6.92 Å². The minimum Gasteiger partial charge on any atom is -0.334 e. The van der Waals surface area contributed by atoms with E-state index in [0.29, 0.717) is 0 Å². The number of nitrogens with one attached hydrogen (secondary N) is 1. The summed E-state index contributed by atoms with van der Waals surface area (Å²) in [7, 11) is -4.27. The largest absolute Gasteiger partial charge is 0.334 e. The van der Waals surface area contributed by atoms with Crippen LogP contribution in [0.2, 0.25) is 0 Å². The van der Waals surface area contributed by atoms with Crippen LogP contribution in [-0.2, 0) is 14.9 Å². The Balaban J connectivity index is 0. The van der Waals surface area contributed by atoms with Crippen LogP contribution in [0.25, 0.3) is 0 Å². The van der Waals surface area contributed by atoms with Gasteiger partial charge in [-0.2, -0.15) is 8.42 Å². The summed E-state index contributed by atoms with van der Waals surface area (Å²) < 4.78 is 30.5. The molecule has 0 aliphatic carbocycles. The lowest BCUT2D eigenvalue weighted by atomic mass is 10.2. The summed E-state index contributed by atoms with van der Waals surface area (Å²) in [6, 6.07) is 0. The zero-order valence-corrected chi connectivity index (χ0v) is 9.26. The number of carbonyl (C=O) groups excluding carboxylic acids is 1. The van der Waals surface area contributed by atoms with Crippen molar-refractivity contribution in [1.29, 1.82) is 0 Å². The van der Waals surface area contributed by atoms with E-state index in [1.54, 1.807) is 13.8 Å². The molecule has 0 aromatic carbocycles. The topological polar surface area (TPSA) is 83.5 Å². The lowest BCUT2D eigenvalue weighted by Gasteiger charge is -2.18. The maximum Gasteiger partial charge on any atom is 0.316 e. The summed E-state index contributed by atoms with van der Waals surface area (Å²) >= 11 is 0. The van der Waals surface area contributed by atoms with Crippen molar-refractivity contribution in [3.05, 3.63) is 12.2 Å². The van der Waals surface area contributed by atoms with Crippen molar-refractivity contribution in [2.45, 2.75) is 26.1 Å². The molecule has 0 saturated carbocycles. The van der Waals surface area contributed by atoms with Crippen LogP contribution in [0.3, 0.4) is 0 Å². The third-order valence-corrected chi connectivity index (χ3v) is 2.89. The van der Waals surface area contributed by atoms with E-state index in [-0.39, 0.29) is 28.6 Å². The first kappa shape index (κ1) is 17.3. The average Bonchev–Trinajstić information content (AvgIpc) is 1.96. The Morgan fingerprint density at radius 1 is 1.40 bits per heavy atom. The van der Waals surface area contributed by atoms with Crippen LogP contribution in [0, 0.1) is 5.92 Å². The lowest BCUT2D eigenvalue weighted by molar-refractivity contribution is -0.117. The van der Waals surface area contributed by atoms with Gasteiger partial charge in [-0.15, -0.1) is 0 Å². The van der Waals surface area contributed by atoms with Gasteiger partial charge in [-0.05, 0) is 12.8 Å². The highest BCUT2D eigenvalue weighted by Gasteiger charge is 2.28. The Bertz CT molecular complexity index is 337. The molecule has 0 aromatic rings. The van der Waals surface area contributed by atoms with Crippen molar-refractivity contribution in [2.24, 2.45) is 5.92 Å². The minimum atomic E-state index is -4.27. The number of rotatable bonds is 4. The molecule has 2 N–H and O–H groups in total. The van der Waals surface area contributed by atoms with Gasteiger partial charge < -0.3 is 5.32 Å². The molecule has 86 valence electrons. The molecule has 1 amide bonds. The Morgan fingerprint density at radius 3 is 2.00 bits per heavy atom. The standard InChI is InChI=1S/C8H15NO4S.Mg.2H/c1-5(2)7(10)9-8(6(3)4)14(11,12)13;;;/h6,8H,1H2,2-4H3,(H,9,10)(H,11,12,13);;;. The molecule has 0 radical (unpaired) electrons. The SMILES string of the molecule is C=C(C)C(=O)NC(C(C)C)S(=O)(=O)O.[MgH2]. The number of hydrogen-bond acceptors (Lipinski definition) is 3. The molecule has 0 fully saturated rings. The lowest BCUT2D eigenvalue weighted by Crippen LogP contribution is -2.44. The molecule has 0 aliphatic heterocycles. The zero-order chi connectivity index (χ0) is 11.5. The van der Waals surface area contributed by atoms with Gasteiger partial charge >= 0.3 is 23.1 Å². The second-order valence-corrected chi connectivity index (χ2v) is 4.97. The second-order valence-electron chi connectivity index (χ2n) is 3.43. The normalized spacial score (nSPS) is 12.9. The van der Waals surface area contributed by atoms with Gasteiger partial charge in [0.15, 0.2) is 5.37 Å². The van der Waals surface area contributed by atoms with E-state index >= 15 is 0 Å². The summed E-state index contributed by atoms with van der Waals surface area (Å²) in [6.07, 6.45) is 0. The maximum absolute atomic E-state index is 11.1. The highest BCUT2D eigenvalue weighted by Crippen LogP contribution is 2.08. The summed E-state index contributed by atoms with van der Waals surface area (Å²) in [5.74, 6) is -0.991. The molecule has 0 aliphatic rings. The number of hydrogen-bond donors (Lipinski definition) is 2. The van der Waals surface area contributed by atoms with Gasteiger partial charge in [0.2, 0.25) is 5.91 Å². The molecule has 1 unspecified atom stereocenters. The third kappa shape index (κ3) is 6.13. The van der Waals surface area contributed by atoms with Crippen molar-refractivity contribution in [1.82, 2.24) is 5.32 Å². The van der Waals surface area contributed by atoms with Gasteiger partial charge in [-0.1, -0.05) is 20.4 Å².